The third-order valence-electron chi connectivity index (χ3n) is 2.53. The van der Waals surface area contributed by atoms with Crippen molar-refractivity contribution in [3.63, 3.8) is 0 Å². The third-order valence-corrected chi connectivity index (χ3v) is 2.53. The predicted molar refractivity (Wildman–Crippen MR) is 67.7 cm³/mol. The van der Waals surface area contributed by atoms with Crippen LogP contribution in [0, 0.1) is 11.6 Å². The highest BCUT2D eigenvalue weighted by Crippen LogP contribution is 2.24. The van der Waals surface area contributed by atoms with Gasteiger partial charge in [-0.2, -0.15) is 0 Å². The Hall–Kier alpha value is -2.01. The molecule has 3 nitrogen and oxygen atoms in total. The molecule has 5 heteroatoms. The van der Waals surface area contributed by atoms with Gasteiger partial charge in [-0.05, 0) is 36.9 Å². The number of benzene rings is 1. The zero-order valence-electron chi connectivity index (χ0n) is 10.5. The highest BCUT2D eigenvalue weighted by Gasteiger charge is 2.12. The third kappa shape index (κ3) is 3.48. The number of nitrogens with one attached hydrogen (secondary N) is 1. The number of hydrogen-bond donors (Lipinski definition) is 1. The molecule has 100 valence electrons. The van der Waals surface area contributed by atoms with E-state index in [9.17, 15) is 8.78 Å². The average Bonchev–Trinajstić information content (AvgIpc) is 2.39. The molecule has 0 atom stereocenters. The largest absolute Gasteiger partial charge is 0.481 e. The number of hydrogen-bond acceptors (Lipinski definition) is 3. The van der Waals surface area contributed by atoms with E-state index in [4.69, 9.17) is 4.74 Å². The molecular formula is C14H14F2N2O. The molecular weight excluding hydrogens is 250 g/mol. The molecule has 0 aliphatic carbocycles. The van der Waals surface area contributed by atoms with Gasteiger partial charge in [0.15, 0.2) is 17.4 Å². The van der Waals surface area contributed by atoms with Gasteiger partial charge in [-0.3, -0.25) is 4.98 Å². The Morgan fingerprint density at radius 1 is 1.21 bits per heavy atom. The molecule has 0 radical (unpaired) electrons. The normalized spacial score (nSPS) is 10.5. The van der Waals surface area contributed by atoms with Gasteiger partial charge < -0.3 is 10.1 Å². The van der Waals surface area contributed by atoms with E-state index >= 15 is 0 Å². The number of nitrogens with zero attached hydrogens (tertiary/aromatic N) is 1. The van der Waals surface area contributed by atoms with Gasteiger partial charge in [0, 0.05) is 12.7 Å². The first kappa shape index (κ1) is 13.4. The molecule has 0 aliphatic heterocycles. The Bertz CT molecular complexity index is 523. The SMILES string of the molecule is CNCc1cc(F)c(OCc2ccccn2)c(F)c1. The molecule has 1 aromatic heterocycles. The standard InChI is InChI=1S/C14H14F2N2O/c1-17-8-10-6-12(15)14(13(16)7-10)19-9-11-4-2-3-5-18-11/h2-7,17H,8-9H2,1H3. The molecule has 1 aromatic carbocycles. The minimum absolute atomic E-state index is 0.0278. The van der Waals surface area contributed by atoms with Crippen molar-refractivity contribution >= 4 is 0 Å². The van der Waals surface area contributed by atoms with Crippen molar-refractivity contribution < 1.29 is 13.5 Å². The Kier molecular flexibility index (Phi) is 4.41. The van der Waals surface area contributed by atoms with Crippen LogP contribution in [0.25, 0.3) is 0 Å². The first-order valence-corrected chi connectivity index (χ1v) is 5.86. The van der Waals surface area contributed by atoms with Gasteiger partial charge in [-0.15, -0.1) is 0 Å². The van der Waals surface area contributed by atoms with Crippen LogP contribution in [0.2, 0.25) is 0 Å². The second-order valence-corrected chi connectivity index (χ2v) is 4.03. The van der Waals surface area contributed by atoms with E-state index in [0.717, 1.165) is 0 Å². The maximum absolute atomic E-state index is 13.7. The van der Waals surface area contributed by atoms with Crippen molar-refractivity contribution in [1.29, 1.82) is 0 Å². The molecule has 1 N–H and O–H groups in total. The Balaban J connectivity index is 2.12. The van der Waals surface area contributed by atoms with Crippen LogP contribution in [-0.2, 0) is 13.2 Å². The highest BCUT2D eigenvalue weighted by atomic mass is 19.1. The monoisotopic (exact) mass is 264 g/mol. The Morgan fingerprint density at radius 3 is 2.53 bits per heavy atom. The van der Waals surface area contributed by atoms with Crippen LogP contribution in [-0.4, -0.2) is 12.0 Å². The molecule has 0 spiro atoms. The van der Waals surface area contributed by atoms with Gasteiger partial charge >= 0.3 is 0 Å². The number of rotatable bonds is 5. The molecule has 0 aliphatic rings. The van der Waals surface area contributed by atoms with Gasteiger partial charge in [0.2, 0.25) is 0 Å². The summed E-state index contributed by atoms with van der Waals surface area (Å²) in [5.74, 6) is -1.78. The summed E-state index contributed by atoms with van der Waals surface area (Å²) in [6.45, 7) is 0.425. The number of halogens is 2. The number of aromatic nitrogens is 1. The molecule has 0 saturated carbocycles. The van der Waals surface area contributed by atoms with E-state index in [2.05, 4.69) is 10.3 Å². The van der Waals surface area contributed by atoms with Crippen molar-refractivity contribution in [3.8, 4) is 5.75 Å². The molecule has 0 amide bonds. The molecule has 0 fully saturated rings. The van der Waals surface area contributed by atoms with Crippen molar-refractivity contribution in [2.75, 3.05) is 7.05 Å². The van der Waals surface area contributed by atoms with Crippen LogP contribution >= 0.6 is 0 Å². The quantitative estimate of drug-likeness (QED) is 0.901. The van der Waals surface area contributed by atoms with E-state index in [1.165, 1.54) is 12.1 Å². The lowest BCUT2D eigenvalue weighted by Gasteiger charge is -2.09. The zero-order valence-corrected chi connectivity index (χ0v) is 10.5. The van der Waals surface area contributed by atoms with Gasteiger partial charge in [-0.1, -0.05) is 6.07 Å². The van der Waals surface area contributed by atoms with Crippen molar-refractivity contribution in [3.05, 3.63) is 59.4 Å². The van der Waals surface area contributed by atoms with Crippen LogP contribution in [0.15, 0.2) is 36.5 Å². The summed E-state index contributed by atoms with van der Waals surface area (Å²) >= 11 is 0. The zero-order chi connectivity index (χ0) is 13.7. The second kappa shape index (κ2) is 6.24. The Labute approximate surface area is 110 Å². The molecule has 0 bridgehead atoms. The molecule has 0 saturated heterocycles. The Morgan fingerprint density at radius 2 is 1.95 bits per heavy atom. The fourth-order valence-electron chi connectivity index (χ4n) is 1.69. The molecule has 0 unspecified atom stereocenters. The summed E-state index contributed by atoms with van der Waals surface area (Å²) in [4.78, 5) is 4.02. The van der Waals surface area contributed by atoms with Gasteiger partial charge in [0.25, 0.3) is 0 Å². The molecule has 2 aromatic rings. The lowest BCUT2D eigenvalue weighted by Crippen LogP contribution is -2.07. The van der Waals surface area contributed by atoms with Crippen molar-refractivity contribution in [2.45, 2.75) is 13.2 Å². The maximum atomic E-state index is 13.7. The van der Waals surface area contributed by atoms with Crippen molar-refractivity contribution in [2.24, 2.45) is 0 Å². The van der Waals surface area contributed by atoms with E-state index in [1.54, 1.807) is 31.4 Å². The predicted octanol–water partition coefficient (Wildman–Crippen LogP) is 2.66. The molecule has 19 heavy (non-hydrogen) atoms. The summed E-state index contributed by atoms with van der Waals surface area (Å²) in [7, 11) is 1.71. The minimum Gasteiger partial charge on any atom is -0.481 e. The summed E-state index contributed by atoms with van der Waals surface area (Å²) in [6, 6.07) is 7.79. The molecule has 1 heterocycles. The first-order valence-electron chi connectivity index (χ1n) is 5.86. The van der Waals surface area contributed by atoms with Gasteiger partial charge in [0.05, 0.1) is 5.69 Å². The lowest BCUT2D eigenvalue weighted by atomic mass is 10.2. The fourth-order valence-corrected chi connectivity index (χ4v) is 1.69. The summed E-state index contributed by atoms with van der Waals surface area (Å²) in [5, 5.41) is 2.83. The van der Waals surface area contributed by atoms with E-state index in [1.807, 2.05) is 0 Å². The highest BCUT2D eigenvalue weighted by molar-refractivity contribution is 5.31. The van der Waals surface area contributed by atoms with E-state index in [0.29, 0.717) is 17.8 Å². The summed E-state index contributed by atoms with van der Waals surface area (Å²) in [6.07, 6.45) is 1.60. The summed E-state index contributed by atoms with van der Waals surface area (Å²) < 4.78 is 32.6. The second-order valence-electron chi connectivity index (χ2n) is 4.03. The van der Waals surface area contributed by atoms with Gasteiger partial charge in [0.1, 0.15) is 6.61 Å². The first-order chi connectivity index (χ1) is 9.20. The molecule has 2 rings (SSSR count). The smallest absolute Gasteiger partial charge is 0.191 e. The average molecular weight is 264 g/mol. The van der Waals surface area contributed by atoms with Gasteiger partial charge in [-0.25, -0.2) is 8.78 Å². The van der Waals surface area contributed by atoms with Crippen LogP contribution in [0.1, 0.15) is 11.3 Å². The maximum Gasteiger partial charge on any atom is 0.191 e. The van der Waals surface area contributed by atoms with Crippen LogP contribution < -0.4 is 10.1 Å². The topological polar surface area (TPSA) is 34.1 Å². The van der Waals surface area contributed by atoms with E-state index < -0.39 is 11.6 Å². The van der Waals surface area contributed by atoms with E-state index in [-0.39, 0.29) is 12.4 Å². The lowest BCUT2D eigenvalue weighted by molar-refractivity contribution is 0.270. The number of ether oxygens (including phenoxy) is 1. The van der Waals surface area contributed by atoms with Crippen LogP contribution in [0.5, 0.6) is 5.75 Å². The minimum atomic E-state index is -0.707. The van der Waals surface area contributed by atoms with Crippen LogP contribution in [0.3, 0.4) is 0 Å². The van der Waals surface area contributed by atoms with Crippen LogP contribution in [0.4, 0.5) is 8.78 Å². The summed E-state index contributed by atoms with van der Waals surface area (Å²) in [5.41, 5.74) is 1.14. The number of pyridine rings is 1. The fraction of sp³-hybridized carbons (Fsp3) is 0.214. The van der Waals surface area contributed by atoms with Crippen molar-refractivity contribution in [1.82, 2.24) is 10.3 Å².